The number of aromatic nitrogens is 2. The number of nitrogens with zero attached hydrogens (tertiary/aromatic N) is 4. The van der Waals surface area contributed by atoms with Crippen LogP contribution >= 0.6 is 0 Å². The van der Waals surface area contributed by atoms with E-state index in [1.54, 1.807) is 0 Å². The van der Waals surface area contributed by atoms with Crippen LogP contribution in [0.5, 0.6) is 11.5 Å². The van der Waals surface area contributed by atoms with E-state index in [4.69, 9.17) is 9.72 Å². The van der Waals surface area contributed by atoms with Crippen LogP contribution in [0, 0.1) is 5.41 Å². The highest BCUT2D eigenvalue weighted by atomic mass is 16.5. The van der Waals surface area contributed by atoms with Gasteiger partial charge in [-0.15, -0.1) is 0 Å². The number of ether oxygens (including phenoxy) is 1. The van der Waals surface area contributed by atoms with Gasteiger partial charge in [-0.2, -0.15) is 0 Å². The average Bonchev–Trinajstić information content (AvgIpc) is 3.79. The van der Waals surface area contributed by atoms with Gasteiger partial charge in [-0.25, -0.2) is 4.98 Å². The standard InChI is InChI=1S/C53H58N4O/c1-50(2,3)37-20-17-21-40(28-37)56-35-55(34-48(56)52(7,8)9)41-29-39(53(10,11)36-18-13-12-14-19-36)30-43(32-41)58-42-24-25-45-44-22-15-16-23-46(44)57(47(45)33-42)49-31-38(26-27-54-49)51(4,5)6/h12-34H,35H2,1-11H3. The zero-order valence-electron chi connectivity index (χ0n) is 36.2. The molecular weight excluding hydrogens is 709 g/mol. The summed E-state index contributed by atoms with van der Waals surface area (Å²) in [5.74, 6) is 2.47. The van der Waals surface area contributed by atoms with Crippen molar-refractivity contribution in [3.05, 3.63) is 168 Å². The average molecular weight is 767 g/mol. The molecule has 0 N–H and O–H groups in total. The summed E-state index contributed by atoms with van der Waals surface area (Å²) in [5.41, 5.74) is 10.4. The molecule has 0 unspecified atom stereocenters. The molecule has 0 radical (unpaired) electrons. The predicted octanol–water partition coefficient (Wildman–Crippen LogP) is 14.1. The first-order chi connectivity index (χ1) is 27.4. The van der Waals surface area contributed by atoms with Crippen molar-refractivity contribution < 1.29 is 4.74 Å². The third-order valence-electron chi connectivity index (χ3n) is 11.8. The number of pyridine rings is 1. The second kappa shape index (κ2) is 14.2. The molecule has 0 saturated heterocycles. The van der Waals surface area contributed by atoms with Gasteiger partial charge in [0, 0.05) is 63.2 Å². The number of benzene rings is 5. The van der Waals surface area contributed by atoms with E-state index in [1.807, 2.05) is 6.20 Å². The fourth-order valence-corrected chi connectivity index (χ4v) is 8.20. The Morgan fingerprint density at radius 1 is 0.500 bits per heavy atom. The van der Waals surface area contributed by atoms with Crippen molar-refractivity contribution in [1.29, 1.82) is 0 Å². The normalized spacial score (nSPS) is 14.1. The van der Waals surface area contributed by atoms with E-state index >= 15 is 0 Å². The zero-order valence-corrected chi connectivity index (χ0v) is 36.2. The summed E-state index contributed by atoms with van der Waals surface area (Å²) in [4.78, 5) is 9.77. The molecule has 5 aromatic carbocycles. The van der Waals surface area contributed by atoms with E-state index in [0.29, 0.717) is 6.67 Å². The van der Waals surface area contributed by atoms with Gasteiger partial charge in [0.25, 0.3) is 0 Å². The fourth-order valence-electron chi connectivity index (χ4n) is 8.20. The minimum Gasteiger partial charge on any atom is -0.457 e. The Hall–Kier alpha value is -5.81. The van der Waals surface area contributed by atoms with Gasteiger partial charge in [0.2, 0.25) is 0 Å². The second-order valence-corrected chi connectivity index (χ2v) is 19.6. The van der Waals surface area contributed by atoms with Gasteiger partial charge in [-0.3, -0.25) is 4.57 Å². The van der Waals surface area contributed by atoms with Crippen LogP contribution in [0.15, 0.2) is 145 Å². The van der Waals surface area contributed by atoms with Crippen LogP contribution < -0.4 is 14.5 Å². The lowest BCUT2D eigenvalue weighted by molar-refractivity contribution is 0.480. The quantitative estimate of drug-likeness (QED) is 0.162. The molecule has 0 aliphatic carbocycles. The minimum absolute atomic E-state index is 0.00730. The third-order valence-corrected chi connectivity index (χ3v) is 11.8. The maximum absolute atomic E-state index is 6.99. The maximum Gasteiger partial charge on any atom is 0.137 e. The van der Waals surface area contributed by atoms with Crippen LogP contribution in [-0.4, -0.2) is 16.2 Å². The first-order valence-electron chi connectivity index (χ1n) is 20.6. The Labute approximate surface area is 345 Å². The minimum atomic E-state index is -0.285. The van der Waals surface area contributed by atoms with Gasteiger partial charge in [-0.1, -0.05) is 137 Å². The molecule has 1 aliphatic heterocycles. The summed E-state index contributed by atoms with van der Waals surface area (Å²) >= 11 is 0. The maximum atomic E-state index is 6.99. The van der Waals surface area contributed by atoms with Crippen LogP contribution in [0.2, 0.25) is 0 Å². The summed E-state index contributed by atoms with van der Waals surface area (Å²) in [6.45, 7) is 25.8. The molecule has 2 aromatic heterocycles. The van der Waals surface area contributed by atoms with Gasteiger partial charge in [-0.05, 0) is 87.7 Å². The number of allylic oxidation sites excluding steroid dienone is 1. The number of para-hydroxylation sites is 1. The number of anilines is 2. The molecule has 296 valence electrons. The highest BCUT2D eigenvalue weighted by molar-refractivity contribution is 6.09. The van der Waals surface area contributed by atoms with E-state index < -0.39 is 0 Å². The van der Waals surface area contributed by atoms with Crippen molar-refractivity contribution in [2.75, 3.05) is 16.5 Å². The van der Waals surface area contributed by atoms with E-state index in [2.05, 4.69) is 224 Å². The van der Waals surface area contributed by atoms with Crippen LogP contribution in [0.1, 0.15) is 98.4 Å². The van der Waals surface area contributed by atoms with E-state index in [9.17, 15) is 0 Å². The fraction of sp³-hybridized carbons (Fsp3) is 0.302. The lowest BCUT2D eigenvalue weighted by atomic mass is 9.78. The SMILES string of the molecule is CC(C)(C)C1=CN(c2cc(Oc3ccc4c5ccccc5n(-c5cc(C(C)(C)C)ccn5)c4c3)cc(C(C)(C)c3ccccc3)c2)CN1c1cccc(C(C)(C)C)c1. The van der Waals surface area contributed by atoms with Gasteiger partial charge in [0.1, 0.15) is 17.3 Å². The van der Waals surface area contributed by atoms with Crippen molar-refractivity contribution in [3.63, 3.8) is 0 Å². The summed E-state index contributed by atoms with van der Waals surface area (Å²) in [7, 11) is 0. The molecular formula is C53H58N4O. The van der Waals surface area contributed by atoms with E-state index in [1.165, 1.54) is 39.0 Å². The first-order valence-corrected chi connectivity index (χ1v) is 20.6. The Morgan fingerprint density at radius 2 is 1.16 bits per heavy atom. The number of rotatable bonds is 7. The van der Waals surface area contributed by atoms with Gasteiger partial charge < -0.3 is 14.5 Å². The molecule has 0 bridgehead atoms. The lowest BCUT2D eigenvalue weighted by Gasteiger charge is -2.32. The molecule has 7 aromatic rings. The van der Waals surface area contributed by atoms with E-state index in [-0.39, 0.29) is 21.7 Å². The van der Waals surface area contributed by atoms with Crippen molar-refractivity contribution in [2.45, 2.75) is 92.4 Å². The Balaban J connectivity index is 1.25. The Morgan fingerprint density at radius 3 is 1.88 bits per heavy atom. The molecule has 3 heterocycles. The first kappa shape index (κ1) is 39.0. The Kier molecular flexibility index (Phi) is 9.58. The smallest absolute Gasteiger partial charge is 0.137 e. The van der Waals surface area contributed by atoms with Gasteiger partial charge in [0.15, 0.2) is 0 Å². The molecule has 8 rings (SSSR count). The van der Waals surface area contributed by atoms with Crippen molar-refractivity contribution in [3.8, 4) is 17.3 Å². The van der Waals surface area contributed by atoms with Crippen LogP contribution in [-0.2, 0) is 16.2 Å². The largest absolute Gasteiger partial charge is 0.457 e. The van der Waals surface area contributed by atoms with Crippen LogP contribution in [0.25, 0.3) is 27.6 Å². The molecule has 58 heavy (non-hydrogen) atoms. The predicted molar refractivity (Wildman–Crippen MR) is 245 cm³/mol. The monoisotopic (exact) mass is 766 g/mol. The third kappa shape index (κ3) is 7.39. The van der Waals surface area contributed by atoms with Crippen molar-refractivity contribution >= 4 is 33.2 Å². The molecule has 0 amide bonds. The van der Waals surface area contributed by atoms with Crippen LogP contribution in [0.3, 0.4) is 0 Å². The zero-order chi connectivity index (χ0) is 41.2. The number of hydrogen-bond acceptors (Lipinski definition) is 4. The molecule has 5 heteroatoms. The topological polar surface area (TPSA) is 33.5 Å². The summed E-state index contributed by atoms with van der Waals surface area (Å²) < 4.78 is 9.26. The highest BCUT2D eigenvalue weighted by Gasteiger charge is 2.33. The molecule has 0 atom stereocenters. The highest BCUT2D eigenvalue weighted by Crippen LogP contribution is 2.43. The molecule has 5 nitrogen and oxygen atoms in total. The molecule has 1 aliphatic rings. The summed E-state index contributed by atoms with van der Waals surface area (Å²) in [5, 5.41) is 2.35. The summed E-state index contributed by atoms with van der Waals surface area (Å²) in [6.07, 6.45) is 4.27. The Bertz CT molecular complexity index is 2660. The van der Waals surface area contributed by atoms with Gasteiger partial charge in [0.05, 0.1) is 17.7 Å². The van der Waals surface area contributed by atoms with Gasteiger partial charge >= 0.3 is 0 Å². The second-order valence-electron chi connectivity index (χ2n) is 19.6. The number of hydrogen-bond donors (Lipinski definition) is 0. The lowest BCUT2D eigenvalue weighted by Crippen LogP contribution is -2.31. The van der Waals surface area contributed by atoms with E-state index in [0.717, 1.165) is 39.4 Å². The number of fused-ring (bicyclic) bond motifs is 3. The van der Waals surface area contributed by atoms with Crippen molar-refractivity contribution in [2.24, 2.45) is 5.41 Å². The van der Waals surface area contributed by atoms with Crippen LogP contribution in [0.4, 0.5) is 11.4 Å². The molecule has 0 saturated carbocycles. The molecule has 0 fully saturated rings. The van der Waals surface area contributed by atoms with Crippen molar-refractivity contribution in [1.82, 2.24) is 9.55 Å². The summed E-state index contributed by atoms with van der Waals surface area (Å²) in [6, 6.07) is 46.0. The molecule has 0 spiro atoms.